The maximum absolute atomic E-state index is 11.1. The van der Waals surface area contributed by atoms with Crippen LogP contribution < -0.4 is 0 Å². The van der Waals surface area contributed by atoms with Crippen LogP contribution in [0.25, 0.3) is 0 Å². The van der Waals surface area contributed by atoms with Crippen LogP contribution in [0.15, 0.2) is 0 Å². The van der Waals surface area contributed by atoms with Crippen molar-refractivity contribution in [1.29, 1.82) is 0 Å². The zero-order chi connectivity index (χ0) is 9.07. The molecule has 0 unspecified atom stereocenters. The number of nitrogens with zero attached hydrogens (tertiary/aromatic N) is 1. The molecule has 0 saturated carbocycles. The molecule has 0 radical (unpaired) electrons. The summed E-state index contributed by atoms with van der Waals surface area (Å²) in [5.74, 6) is -0.208. The van der Waals surface area contributed by atoms with Crippen LogP contribution in [0.4, 0.5) is 0 Å². The Morgan fingerprint density at radius 3 is 2.18 bits per heavy atom. The number of rotatable bonds is 2. The Balaban J connectivity index is 3.88. The summed E-state index contributed by atoms with van der Waals surface area (Å²) in [7, 11) is 0. The molecule has 0 rings (SSSR count). The number of carbonyl (C=O) groups excluding carboxylic acids is 1. The Labute approximate surface area is 68.0 Å². The quantitative estimate of drug-likeness (QED) is 0.491. The molecule has 1 N–H and O–H groups in total. The number of hydrogen-bond donors (Lipinski definition) is 1. The normalized spacial score (nSPS) is 11.4. The van der Waals surface area contributed by atoms with Crippen LogP contribution in [0.2, 0.25) is 0 Å². The van der Waals surface area contributed by atoms with E-state index in [1.807, 2.05) is 20.8 Å². The van der Waals surface area contributed by atoms with E-state index in [0.29, 0.717) is 13.0 Å². The second-order valence-corrected chi connectivity index (χ2v) is 3.85. The van der Waals surface area contributed by atoms with Crippen molar-refractivity contribution >= 4 is 5.91 Å². The lowest BCUT2D eigenvalue weighted by atomic mass is 9.92. The third-order valence-electron chi connectivity index (χ3n) is 1.27. The van der Waals surface area contributed by atoms with Crippen molar-refractivity contribution in [3.63, 3.8) is 0 Å². The highest BCUT2D eigenvalue weighted by Crippen LogP contribution is 2.18. The number of hydrogen-bond acceptors (Lipinski definition) is 2. The second kappa shape index (κ2) is 3.72. The highest BCUT2D eigenvalue weighted by atomic mass is 16.5. The largest absolute Gasteiger partial charge is 0.286 e. The fourth-order valence-electron chi connectivity index (χ4n) is 0.721. The fourth-order valence-corrected chi connectivity index (χ4v) is 0.721. The van der Waals surface area contributed by atoms with Gasteiger partial charge in [0, 0.05) is 13.0 Å². The molecule has 0 saturated heterocycles. The van der Waals surface area contributed by atoms with Crippen molar-refractivity contribution in [2.45, 2.75) is 34.1 Å². The van der Waals surface area contributed by atoms with Crippen molar-refractivity contribution in [3.8, 4) is 0 Å². The zero-order valence-corrected chi connectivity index (χ0v) is 7.72. The highest BCUT2D eigenvalue weighted by Gasteiger charge is 2.18. The minimum atomic E-state index is -0.208. The van der Waals surface area contributed by atoms with E-state index in [2.05, 4.69) is 0 Å². The maximum atomic E-state index is 11.1. The predicted molar refractivity (Wildman–Crippen MR) is 43.2 cm³/mol. The first-order valence-corrected chi connectivity index (χ1v) is 3.86. The van der Waals surface area contributed by atoms with Crippen LogP contribution >= 0.6 is 0 Å². The van der Waals surface area contributed by atoms with Crippen molar-refractivity contribution in [2.75, 3.05) is 6.54 Å². The van der Waals surface area contributed by atoms with Gasteiger partial charge in [-0.3, -0.25) is 10.0 Å². The third kappa shape index (κ3) is 4.79. The molecule has 3 heteroatoms. The van der Waals surface area contributed by atoms with Crippen LogP contribution in [-0.2, 0) is 4.79 Å². The molecule has 0 fully saturated rings. The molecular weight excluding hydrogens is 142 g/mol. The maximum Gasteiger partial charge on any atom is 0.246 e. The van der Waals surface area contributed by atoms with Gasteiger partial charge in [0.05, 0.1) is 0 Å². The first-order chi connectivity index (χ1) is 4.87. The molecule has 11 heavy (non-hydrogen) atoms. The summed E-state index contributed by atoms with van der Waals surface area (Å²) in [5.41, 5.74) is -0.0484. The first-order valence-electron chi connectivity index (χ1n) is 3.86. The van der Waals surface area contributed by atoms with Gasteiger partial charge in [-0.1, -0.05) is 20.8 Å². The molecule has 0 aromatic heterocycles. The van der Waals surface area contributed by atoms with Gasteiger partial charge in [0.15, 0.2) is 0 Å². The Morgan fingerprint density at radius 1 is 1.45 bits per heavy atom. The number of carbonyl (C=O) groups is 1. The molecule has 0 bridgehead atoms. The molecule has 0 spiro atoms. The lowest BCUT2D eigenvalue weighted by Crippen LogP contribution is -2.30. The van der Waals surface area contributed by atoms with Gasteiger partial charge in [-0.25, -0.2) is 5.06 Å². The van der Waals surface area contributed by atoms with Gasteiger partial charge in [-0.2, -0.15) is 0 Å². The second-order valence-electron chi connectivity index (χ2n) is 3.85. The van der Waals surface area contributed by atoms with E-state index < -0.39 is 0 Å². The van der Waals surface area contributed by atoms with Crippen LogP contribution in [-0.4, -0.2) is 22.7 Å². The molecule has 66 valence electrons. The summed E-state index contributed by atoms with van der Waals surface area (Å²) >= 11 is 0. The summed E-state index contributed by atoms with van der Waals surface area (Å²) in [6, 6.07) is 0. The van der Waals surface area contributed by atoms with E-state index in [-0.39, 0.29) is 11.3 Å². The van der Waals surface area contributed by atoms with Crippen molar-refractivity contribution < 1.29 is 10.0 Å². The van der Waals surface area contributed by atoms with E-state index in [4.69, 9.17) is 5.21 Å². The smallest absolute Gasteiger partial charge is 0.246 e. The Morgan fingerprint density at radius 2 is 1.91 bits per heavy atom. The predicted octanol–water partition coefficient (Wildman–Crippen LogP) is 1.66. The number of hydroxylamine groups is 2. The average Bonchev–Trinajstić information content (AvgIpc) is 1.82. The molecule has 0 heterocycles. The van der Waals surface area contributed by atoms with Crippen LogP contribution in [0.3, 0.4) is 0 Å². The van der Waals surface area contributed by atoms with E-state index in [1.54, 1.807) is 6.92 Å². The minimum absolute atomic E-state index is 0.0484. The molecule has 3 nitrogen and oxygen atoms in total. The van der Waals surface area contributed by atoms with Gasteiger partial charge in [0.1, 0.15) is 0 Å². The summed E-state index contributed by atoms with van der Waals surface area (Å²) in [6.45, 7) is 7.99. The molecule has 1 amide bonds. The lowest BCUT2D eigenvalue weighted by molar-refractivity contribution is -0.166. The van der Waals surface area contributed by atoms with Crippen molar-refractivity contribution in [1.82, 2.24) is 5.06 Å². The molecule has 0 aliphatic carbocycles. The molecular formula is C8H17NO2. The summed E-state index contributed by atoms with van der Waals surface area (Å²) in [4.78, 5) is 11.1. The van der Waals surface area contributed by atoms with E-state index in [9.17, 15) is 4.79 Å². The zero-order valence-electron chi connectivity index (χ0n) is 7.72. The lowest BCUT2D eigenvalue weighted by Gasteiger charge is -2.20. The van der Waals surface area contributed by atoms with E-state index >= 15 is 0 Å². The first kappa shape index (κ1) is 10.4. The standard InChI is InChI=1S/C8H17NO2/c1-5-9(11)7(10)6-8(2,3)4/h11H,5-6H2,1-4H3. The molecule has 0 aromatic rings. The minimum Gasteiger partial charge on any atom is -0.286 e. The Kier molecular flexibility index (Phi) is 3.52. The van der Waals surface area contributed by atoms with Crippen molar-refractivity contribution in [3.05, 3.63) is 0 Å². The molecule has 0 aliphatic rings. The average molecular weight is 159 g/mol. The van der Waals surface area contributed by atoms with Gasteiger partial charge < -0.3 is 0 Å². The SMILES string of the molecule is CCN(O)C(=O)CC(C)(C)C. The fraction of sp³-hybridized carbons (Fsp3) is 0.875. The van der Waals surface area contributed by atoms with Gasteiger partial charge in [-0.15, -0.1) is 0 Å². The van der Waals surface area contributed by atoms with Crippen LogP contribution in [0, 0.1) is 5.41 Å². The van der Waals surface area contributed by atoms with Crippen molar-refractivity contribution in [2.24, 2.45) is 5.41 Å². The summed E-state index contributed by atoms with van der Waals surface area (Å²) in [6.07, 6.45) is 0.386. The number of amides is 1. The highest BCUT2D eigenvalue weighted by molar-refractivity contribution is 5.75. The topological polar surface area (TPSA) is 40.5 Å². The molecule has 0 aromatic carbocycles. The van der Waals surface area contributed by atoms with Gasteiger partial charge in [0.25, 0.3) is 0 Å². The monoisotopic (exact) mass is 159 g/mol. The summed E-state index contributed by atoms with van der Waals surface area (Å²) in [5, 5.41) is 9.73. The molecule has 0 atom stereocenters. The van der Waals surface area contributed by atoms with E-state index in [0.717, 1.165) is 5.06 Å². The third-order valence-corrected chi connectivity index (χ3v) is 1.27. The van der Waals surface area contributed by atoms with Gasteiger partial charge >= 0.3 is 0 Å². The van der Waals surface area contributed by atoms with Gasteiger partial charge in [-0.05, 0) is 12.3 Å². The van der Waals surface area contributed by atoms with Crippen LogP contribution in [0.5, 0.6) is 0 Å². The molecule has 0 aliphatic heterocycles. The Bertz CT molecular complexity index is 138. The Hall–Kier alpha value is -0.570. The van der Waals surface area contributed by atoms with Crippen LogP contribution in [0.1, 0.15) is 34.1 Å². The summed E-state index contributed by atoms with van der Waals surface area (Å²) < 4.78 is 0. The van der Waals surface area contributed by atoms with Gasteiger partial charge in [0.2, 0.25) is 5.91 Å². The van der Waals surface area contributed by atoms with E-state index in [1.165, 1.54) is 0 Å².